The van der Waals surface area contributed by atoms with Crippen molar-refractivity contribution in [2.24, 2.45) is 0 Å². The molecule has 7 nitrogen and oxygen atoms in total. The molecular weight excluding hydrogens is 452 g/mol. The van der Waals surface area contributed by atoms with Gasteiger partial charge in [0.25, 0.3) is 10.0 Å². The molecule has 0 aliphatic rings. The zero-order valence-electron chi connectivity index (χ0n) is 19.4. The van der Waals surface area contributed by atoms with E-state index in [1.807, 2.05) is 26.0 Å². The van der Waals surface area contributed by atoms with Gasteiger partial charge in [-0.25, -0.2) is 13.2 Å². The molecule has 3 rings (SSSR count). The Labute approximate surface area is 200 Å². The van der Waals surface area contributed by atoms with Crippen LogP contribution in [-0.4, -0.2) is 33.4 Å². The van der Waals surface area contributed by atoms with Crippen molar-refractivity contribution in [1.82, 2.24) is 0 Å². The second kappa shape index (κ2) is 11.0. The SMILES string of the molecule is CCOC(=O)c1cccc(NC(=O)CN(c2ccc(C(C)C)cc2)S(=O)(=O)c2ccccc2)c1. The largest absolute Gasteiger partial charge is 0.462 e. The molecule has 0 aliphatic carbocycles. The summed E-state index contributed by atoms with van der Waals surface area (Å²) in [5.41, 5.74) is 2.09. The number of ether oxygens (including phenoxy) is 1. The lowest BCUT2D eigenvalue weighted by molar-refractivity contribution is -0.114. The number of anilines is 2. The number of nitrogens with one attached hydrogen (secondary N) is 1. The van der Waals surface area contributed by atoms with Gasteiger partial charge in [-0.1, -0.05) is 50.2 Å². The minimum absolute atomic E-state index is 0.0834. The van der Waals surface area contributed by atoms with E-state index in [4.69, 9.17) is 4.74 Å². The number of carbonyl (C=O) groups excluding carboxylic acids is 2. The maximum atomic E-state index is 13.4. The Balaban J connectivity index is 1.89. The Bertz CT molecular complexity index is 1240. The van der Waals surface area contributed by atoms with Crippen molar-refractivity contribution in [2.75, 3.05) is 22.8 Å². The molecule has 0 radical (unpaired) electrons. The monoisotopic (exact) mass is 480 g/mol. The van der Waals surface area contributed by atoms with Gasteiger partial charge in [-0.15, -0.1) is 0 Å². The summed E-state index contributed by atoms with van der Waals surface area (Å²) in [6.07, 6.45) is 0. The molecule has 1 N–H and O–H groups in total. The van der Waals surface area contributed by atoms with E-state index in [1.54, 1.807) is 55.5 Å². The molecule has 34 heavy (non-hydrogen) atoms. The molecule has 0 unspecified atom stereocenters. The summed E-state index contributed by atoms with van der Waals surface area (Å²) >= 11 is 0. The molecule has 1 amide bonds. The Morgan fingerprint density at radius 2 is 1.62 bits per heavy atom. The van der Waals surface area contributed by atoms with Gasteiger partial charge in [0.15, 0.2) is 0 Å². The second-order valence-electron chi connectivity index (χ2n) is 7.92. The molecule has 3 aromatic rings. The standard InChI is InChI=1S/C26H28N2O5S/c1-4-33-26(30)21-9-8-10-22(17-21)27-25(29)18-28(23-15-13-20(14-16-23)19(2)3)34(31,32)24-11-6-5-7-12-24/h5-17,19H,4,18H2,1-3H3,(H,27,29). The molecule has 0 saturated heterocycles. The highest BCUT2D eigenvalue weighted by Crippen LogP contribution is 2.26. The third-order valence-electron chi connectivity index (χ3n) is 5.12. The van der Waals surface area contributed by atoms with Gasteiger partial charge in [-0.05, 0) is 60.9 Å². The van der Waals surface area contributed by atoms with Crippen molar-refractivity contribution < 1.29 is 22.7 Å². The molecule has 0 heterocycles. The predicted molar refractivity (Wildman–Crippen MR) is 133 cm³/mol. The van der Waals surface area contributed by atoms with Crippen LogP contribution in [0.5, 0.6) is 0 Å². The maximum Gasteiger partial charge on any atom is 0.338 e. The van der Waals surface area contributed by atoms with Crippen LogP contribution in [0.3, 0.4) is 0 Å². The minimum Gasteiger partial charge on any atom is -0.462 e. The predicted octanol–water partition coefficient (Wildman–Crippen LogP) is 4.82. The topological polar surface area (TPSA) is 92.8 Å². The van der Waals surface area contributed by atoms with Crippen LogP contribution in [0.4, 0.5) is 11.4 Å². The van der Waals surface area contributed by atoms with Crippen LogP contribution in [0.25, 0.3) is 0 Å². The van der Waals surface area contributed by atoms with Crippen LogP contribution in [0.2, 0.25) is 0 Å². The number of nitrogens with zero attached hydrogens (tertiary/aromatic N) is 1. The Hall–Kier alpha value is -3.65. The summed E-state index contributed by atoms with van der Waals surface area (Å²) < 4.78 is 33.0. The van der Waals surface area contributed by atoms with Crippen LogP contribution < -0.4 is 9.62 Å². The highest BCUT2D eigenvalue weighted by atomic mass is 32.2. The molecule has 0 spiro atoms. The fourth-order valence-electron chi connectivity index (χ4n) is 3.33. The highest BCUT2D eigenvalue weighted by molar-refractivity contribution is 7.92. The number of sulfonamides is 1. The van der Waals surface area contributed by atoms with Crippen LogP contribution in [0, 0.1) is 0 Å². The van der Waals surface area contributed by atoms with E-state index in [1.165, 1.54) is 18.2 Å². The summed E-state index contributed by atoms with van der Waals surface area (Å²) in [5.74, 6) is -0.770. The van der Waals surface area contributed by atoms with E-state index in [9.17, 15) is 18.0 Å². The normalized spacial score (nSPS) is 11.2. The van der Waals surface area contributed by atoms with Crippen LogP contribution >= 0.6 is 0 Å². The number of hydrogen-bond acceptors (Lipinski definition) is 5. The summed E-state index contributed by atoms with van der Waals surface area (Å²) in [4.78, 5) is 25.0. The first-order valence-electron chi connectivity index (χ1n) is 11.0. The van der Waals surface area contributed by atoms with Crippen molar-refractivity contribution in [3.8, 4) is 0 Å². The van der Waals surface area contributed by atoms with Gasteiger partial charge in [-0.2, -0.15) is 0 Å². The van der Waals surface area contributed by atoms with Crippen molar-refractivity contribution in [3.63, 3.8) is 0 Å². The number of esters is 1. The number of hydrogen-bond donors (Lipinski definition) is 1. The minimum atomic E-state index is -4.01. The second-order valence-corrected chi connectivity index (χ2v) is 9.78. The highest BCUT2D eigenvalue weighted by Gasteiger charge is 2.27. The smallest absolute Gasteiger partial charge is 0.338 e. The van der Waals surface area contributed by atoms with E-state index in [-0.39, 0.29) is 23.0 Å². The Morgan fingerprint density at radius 1 is 0.941 bits per heavy atom. The van der Waals surface area contributed by atoms with E-state index < -0.39 is 28.4 Å². The first kappa shape index (κ1) is 25.0. The first-order valence-corrected chi connectivity index (χ1v) is 12.4. The number of amides is 1. The van der Waals surface area contributed by atoms with Crippen LogP contribution in [0.15, 0.2) is 83.8 Å². The zero-order chi connectivity index (χ0) is 24.7. The number of rotatable bonds is 9. The lowest BCUT2D eigenvalue weighted by Crippen LogP contribution is -2.38. The van der Waals surface area contributed by atoms with Gasteiger partial charge in [0.05, 0.1) is 22.8 Å². The first-order chi connectivity index (χ1) is 16.2. The molecule has 0 saturated carbocycles. The fourth-order valence-corrected chi connectivity index (χ4v) is 4.77. The molecule has 0 bridgehead atoms. The Kier molecular flexibility index (Phi) is 8.07. The van der Waals surface area contributed by atoms with Crippen LogP contribution in [-0.2, 0) is 19.6 Å². The Morgan fingerprint density at radius 3 is 2.24 bits per heavy atom. The molecule has 0 atom stereocenters. The van der Waals surface area contributed by atoms with E-state index in [0.29, 0.717) is 11.4 Å². The lowest BCUT2D eigenvalue weighted by Gasteiger charge is -2.24. The molecule has 0 aliphatic heterocycles. The molecule has 8 heteroatoms. The van der Waals surface area contributed by atoms with Crippen molar-refractivity contribution in [3.05, 3.63) is 90.0 Å². The molecule has 178 valence electrons. The fraction of sp³-hybridized carbons (Fsp3) is 0.231. The molecule has 0 fully saturated rings. The van der Waals surface area contributed by atoms with Gasteiger partial charge in [0.2, 0.25) is 5.91 Å². The van der Waals surface area contributed by atoms with E-state index in [2.05, 4.69) is 5.32 Å². The van der Waals surface area contributed by atoms with Crippen molar-refractivity contribution in [1.29, 1.82) is 0 Å². The number of benzene rings is 3. The average molecular weight is 481 g/mol. The third-order valence-corrected chi connectivity index (χ3v) is 6.91. The third kappa shape index (κ3) is 6.02. The van der Waals surface area contributed by atoms with Crippen molar-refractivity contribution in [2.45, 2.75) is 31.6 Å². The number of carbonyl (C=O) groups is 2. The maximum absolute atomic E-state index is 13.4. The molecular formula is C26H28N2O5S. The van der Waals surface area contributed by atoms with Gasteiger partial charge < -0.3 is 10.1 Å². The summed E-state index contributed by atoms with van der Waals surface area (Å²) in [6.45, 7) is 5.59. The van der Waals surface area contributed by atoms with Gasteiger partial charge in [0.1, 0.15) is 6.54 Å². The average Bonchev–Trinajstić information content (AvgIpc) is 2.83. The lowest BCUT2D eigenvalue weighted by atomic mass is 10.0. The summed E-state index contributed by atoms with van der Waals surface area (Å²) in [6, 6.07) is 21.4. The van der Waals surface area contributed by atoms with Crippen LogP contribution in [0.1, 0.15) is 42.6 Å². The van der Waals surface area contributed by atoms with Gasteiger partial charge in [-0.3, -0.25) is 9.10 Å². The summed E-state index contributed by atoms with van der Waals surface area (Å²) in [5, 5.41) is 2.68. The summed E-state index contributed by atoms with van der Waals surface area (Å²) in [7, 11) is -4.01. The molecule has 3 aromatic carbocycles. The van der Waals surface area contributed by atoms with Gasteiger partial charge in [0, 0.05) is 5.69 Å². The van der Waals surface area contributed by atoms with Gasteiger partial charge >= 0.3 is 5.97 Å². The van der Waals surface area contributed by atoms with Crippen molar-refractivity contribution >= 4 is 33.3 Å². The quantitative estimate of drug-likeness (QED) is 0.443. The van der Waals surface area contributed by atoms with E-state index >= 15 is 0 Å². The van der Waals surface area contributed by atoms with E-state index in [0.717, 1.165) is 9.87 Å². The zero-order valence-corrected chi connectivity index (χ0v) is 20.2. The molecule has 0 aromatic heterocycles.